The number of ketones is 1. The molecule has 2 aromatic carbocycles. The highest BCUT2D eigenvalue weighted by atomic mass is 16.2. The molecule has 7 nitrogen and oxygen atoms in total. The quantitative estimate of drug-likeness (QED) is 0.698. The van der Waals surface area contributed by atoms with Crippen LogP contribution in [0.15, 0.2) is 60.7 Å². The number of carbonyl (C=O) groups is 4. The van der Waals surface area contributed by atoms with Crippen molar-refractivity contribution in [1.82, 2.24) is 5.32 Å². The minimum Gasteiger partial charge on any atom is -0.363 e. The molecule has 2 atom stereocenters. The van der Waals surface area contributed by atoms with Gasteiger partial charge in [-0.15, -0.1) is 0 Å². The average molecular weight is 379 g/mol. The third kappa shape index (κ3) is 4.25. The number of nitrogens with zero attached hydrogens (tertiary/aromatic N) is 1. The van der Waals surface area contributed by atoms with E-state index >= 15 is 0 Å². The summed E-state index contributed by atoms with van der Waals surface area (Å²) in [4.78, 5) is 50.3. The lowest BCUT2D eigenvalue weighted by atomic mass is 10.0. The Balaban J connectivity index is 1.79. The number of primary amides is 1. The first-order chi connectivity index (χ1) is 13.5. The van der Waals surface area contributed by atoms with Crippen molar-refractivity contribution in [3.05, 3.63) is 66.2 Å². The number of para-hydroxylation sites is 1. The van der Waals surface area contributed by atoms with Crippen LogP contribution >= 0.6 is 0 Å². The van der Waals surface area contributed by atoms with Gasteiger partial charge in [0.15, 0.2) is 0 Å². The summed E-state index contributed by atoms with van der Waals surface area (Å²) < 4.78 is 0. The molecule has 0 aliphatic carbocycles. The molecular weight excluding hydrogens is 358 g/mol. The van der Waals surface area contributed by atoms with Gasteiger partial charge in [0.25, 0.3) is 5.91 Å². The molecule has 0 bridgehead atoms. The van der Waals surface area contributed by atoms with Crippen molar-refractivity contribution in [2.24, 2.45) is 5.73 Å². The van der Waals surface area contributed by atoms with E-state index in [0.29, 0.717) is 12.1 Å². The van der Waals surface area contributed by atoms with Crippen molar-refractivity contribution < 1.29 is 19.2 Å². The van der Waals surface area contributed by atoms with E-state index in [1.165, 1.54) is 4.90 Å². The Labute approximate surface area is 162 Å². The molecule has 1 aliphatic rings. The predicted molar refractivity (Wildman–Crippen MR) is 103 cm³/mol. The molecule has 0 radical (unpaired) electrons. The normalized spacial score (nSPS) is 17.2. The van der Waals surface area contributed by atoms with Crippen molar-refractivity contribution in [2.75, 3.05) is 4.90 Å². The number of carbonyl (C=O) groups excluding carboxylic acids is 4. The summed E-state index contributed by atoms with van der Waals surface area (Å²) in [5.41, 5.74) is 6.55. The van der Waals surface area contributed by atoms with Gasteiger partial charge in [-0.25, -0.2) is 0 Å². The van der Waals surface area contributed by atoms with E-state index < -0.39 is 29.7 Å². The Morgan fingerprint density at radius 2 is 1.64 bits per heavy atom. The Morgan fingerprint density at radius 3 is 2.25 bits per heavy atom. The van der Waals surface area contributed by atoms with Gasteiger partial charge >= 0.3 is 0 Å². The number of nitrogens with one attached hydrogen (secondary N) is 1. The molecular formula is C21H21N3O4. The third-order valence-electron chi connectivity index (χ3n) is 4.71. The fourth-order valence-electron chi connectivity index (χ4n) is 3.34. The lowest BCUT2D eigenvalue weighted by Crippen LogP contribution is -2.53. The maximum atomic E-state index is 12.9. The van der Waals surface area contributed by atoms with E-state index in [2.05, 4.69) is 5.32 Å². The van der Waals surface area contributed by atoms with Crippen LogP contribution in [0.1, 0.15) is 18.4 Å². The van der Waals surface area contributed by atoms with E-state index in [4.69, 9.17) is 5.73 Å². The second-order valence-corrected chi connectivity index (χ2v) is 6.63. The fraction of sp³-hybridized carbons (Fsp3) is 0.238. The number of Topliss-reactive ketones (excluding diaryl/α,β-unsaturated/α-hetero) is 1. The molecule has 0 aromatic heterocycles. The van der Waals surface area contributed by atoms with Gasteiger partial charge in [-0.1, -0.05) is 48.5 Å². The van der Waals surface area contributed by atoms with Crippen LogP contribution in [0.2, 0.25) is 0 Å². The van der Waals surface area contributed by atoms with Crippen LogP contribution in [0.3, 0.4) is 0 Å². The van der Waals surface area contributed by atoms with Gasteiger partial charge in [0.1, 0.15) is 12.1 Å². The van der Waals surface area contributed by atoms with Crippen LogP contribution in [-0.2, 0) is 25.6 Å². The lowest BCUT2D eigenvalue weighted by molar-refractivity contribution is -0.138. The average Bonchev–Trinajstić information content (AvgIpc) is 3.09. The molecule has 3 amide bonds. The number of amides is 3. The molecule has 2 aromatic rings. The molecule has 1 aliphatic heterocycles. The molecule has 7 heteroatoms. The lowest BCUT2D eigenvalue weighted by Gasteiger charge is -2.26. The number of anilines is 1. The summed E-state index contributed by atoms with van der Waals surface area (Å²) in [5.74, 6) is -2.62. The van der Waals surface area contributed by atoms with Crippen molar-refractivity contribution in [3.63, 3.8) is 0 Å². The Hall–Kier alpha value is -3.48. The Morgan fingerprint density at radius 1 is 1.04 bits per heavy atom. The van der Waals surface area contributed by atoms with Gasteiger partial charge in [0, 0.05) is 18.5 Å². The number of nitrogens with two attached hydrogens (primary N) is 1. The van der Waals surface area contributed by atoms with Crippen LogP contribution in [0, 0.1) is 0 Å². The maximum Gasteiger partial charge on any atom is 0.287 e. The van der Waals surface area contributed by atoms with Gasteiger partial charge < -0.3 is 11.1 Å². The first-order valence-electron chi connectivity index (χ1n) is 9.02. The van der Waals surface area contributed by atoms with Crippen molar-refractivity contribution >= 4 is 29.2 Å². The van der Waals surface area contributed by atoms with Gasteiger partial charge in [-0.3, -0.25) is 24.1 Å². The Kier molecular flexibility index (Phi) is 5.84. The number of hydrogen-bond acceptors (Lipinski definition) is 4. The largest absolute Gasteiger partial charge is 0.363 e. The fourth-order valence-corrected chi connectivity index (χ4v) is 3.34. The predicted octanol–water partition coefficient (Wildman–Crippen LogP) is 0.964. The van der Waals surface area contributed by atoms with Gasteiger partial charge in [-0.05, 0) is 24.1 Å². The standard InChI is InChI=1S/C21H21N3O4/c22-20(27)19(26)16(13-14-7-3-1-4-8-14)23-21(28)17-11-12-18(25)24(17)15-9-5-2-6-10-15/h1-10,16-17H,11-13H2,(H2,22,27)(H,23,28)/t16?,17-/m0/s1. The van der Waals surface area contributed by atoms with Crippen LogP contribution < -0.4 is 16.0 Å². The maximum absolute atomic E-state index is 12.9. The molecule has 1 unspecified atom stereocenters. The van der Waals surface area contributed by atoms with Crippen LogP contribution in [0.25, 0.3) is 0 Å². The summed E-state index contributed by atoms with van der Waals surface area (Å²) in [6.45, 7) is 0. The number of rotatable bonds is 7. The zero-order valence-corrected chi connectivity index (χ0v) is 15.2. The summed E-state index contributed by atoms with van der Waals surface area (Å²) in [6.07, 6.45) is 0.711. The van der Waals surface area contributed by atoms with Crippen molar-refractivity contribution in [1.29, 1.82) is 0 Å². The molecule has 1 saturated heterocycles. The topological polar surface area (TPSA) is 110 Å². The second kappa shape index (κ2) is 8.47. The first-order valence-corrected chi connectivity index (χ1v) is 9.02. The molecule has 0 saturated carbocycles. The highest BCUT2D eigenvalue weighted by molar-refractivity contribution is 6.38. The van der Waals surface area contributed by atoms with Crippen molar-refractivity contribution in [2.45, 2.75) is 31.3 Å². The van der Waals surface area contributed by atoms with E-state index in [0.717, 1.165) is 5.56 Å². The van der Waals surface area contributed by atoms with E-state index in [9.17, 15) is 19.2 Å². The van der Waals surface area contributed by atoms with E-state index in [1.54, 1.807) is 48.5 Å². The molecule has 1 heterocycles. The zero-order valence-electron chi connectivity index (χ0n) is 15.2. The third-order valence-corrected chi connectivity index (χ3v) is 4.71. The zero-order chi connectivity index (χ0) is 20.1. The molecule has 1 fully saturated rings. The highest BCUT2D eigenvalue weighted by Gasteiger charge is 2.38. The minimum absolute atomic E-state index is 0.139. The summed E-state index contributed by atoms with van der Waals surface area (Å²) in [5, 5.41) is 2.63. The number of benzene rings is 2. The van der Waals surface area contributed by atoms with Gasteiger partial charge in [0.2, 0.25) is 17.6 Å². The van der Waals surface area contributed by atoms with Gasteiger partial charge in [0.05, 0.1) is 0 Å². The Bertz CT molecular complexity index is 883. The van der Waals surface area contributed by atoms with Crippen molar-refractivity contribution in [3.8, 4) is 0 Å². The van der Waals surface area contributed by atoms with E-state index in [1.807, 2.05) is 12.1 Å². The highest BCUT2D eigenvalue weighted by Crippen LogP contribution is 2.26. The minimum atomic E-state index is -1.11. The van der Waals surface area contributed by atoms with Crippen LogP contribution in [-0.4, -0.2) is 35.6 Å². The molecule has 3 N–H and O–H groups in total. The monoisotopic (exact) mass is 379 g/mol. The van der Waals surface area contributed by atoms with E-state index in [-0.39, 0.29) is 18.7 Å². The molecule has 28 heavy (non-hydrogen) atoms. The van der Waals surface area contributed by atoms with Crippen LogP contribution in [0.5, 0.6) is 0 Å². The van der Waals surface area contributed by atoms with Gasteiger partial charge in [-0.2, -0.15) is 0 Å². The summed E-state index contributed by atoms with van der Waals surface area (Å²) in [6, 6.07) is 16.1. The SMILES string of the molecule is NC(=O)C(=O)C(Cc1ccccc1)NC(=O)[C@@H]1CCC(=O)N1c1ccccc1. The molecule has 144 valence electrons. The first kappa shape index (κ1) is 19.3. The number of hydrogen-bond donors (Lipinski definition) is 2. The summed E-state index contributed by atoms with van der Waals surface area (Å²) in [7, 11) is 0. The molecule has 0 spiro atoms. The summed E-state index contributed by atoms with van der Waals surface area (Å²) >= 11 is 0. The smallest absolute Gasteiger partial charge is 0.287 e. The molecule has 3 rings (SSSR count). The second-order valence-electron chi connectivity index (χ2n) is 6.63. The van der Waals surface area contributed by atoms with Crippen LogP contribution in [0.4, 0.5) is 5.69 Å².